The van der Waals surface area contributed by atoms with E-state index in [2.05, 4.69) is 17.6 Å². The fourth-order valence-electron chi connectivity index (χ4n) is 6.83. The quantitative estimate of drug-likeness (QED) is 0.0609. The summed E-state index contributed by atoms with van der Waals surface area (Å²) in [5.74, 6) is 0.269. The summed E-state index contributed by atoms with van der Waals surface area (Å²) in [4.78, 5) is 13.3. The van der Waals surface area contributed by atoms with Crippen LogP contribution in [0.1, 0.15) is 137 Å². The van der Waals surface area contributed by atoms with E-state index in [9.17, 15) is 15.0 Å². The Labute approximate surface area is 285 Å². The van der Waals surface area contributed by atoms with Crippen molar-refractivity contribution < 1.29 is 24.5 Å². The van der Waals surface area contributed by atoms with Gasteiger partial charge in [-0.3, -0.25) is 0 Å². The summed E-state index contributed by atoms with van der Waals surface area (Å²) in [6.07, 6.45) is 21.5. The number of anilines is 1. The largest absolute Gasteiger partial charge is 0.508 e. The molecule has 0 saturated heterocycles. The zero-order chi connectivity index (χ0) is 33.1. The number of phenolic OH excluding ortho intramolecular Hbond substituents is 2. The van der Waals surface area contributed by atoms with Crippen molar-refractivity contribution in [2.75, 3.05) is 11.9 Å². The molecule has 3 aromatic carbocycles. The molecular formula is C39H50N2O5S. The lowest BCUT2D eigenvalue weighted by atomic mass is 9.77. The second-order valence-electron chi connectivity index (χ2n) is 13.0. The maximum absolute atomic E-state index is 13.3. The highest BCUT2D eigenvalue weighted by Gasteiger charge is 2.53. The van der Waals surface area contributed by atoms with Crippen molar-refractivity contribution in [1.29, 1.82) is 0 Å². The molecule has 0 aromatic heterocycles. The van der Waals surface area contributed by atoms with E-state index in [0.29, 0.717) is 44.6 Å². The van der Waals surface area contributed by atoms with Crippen LogP contribution in [-0.4, -0.2) is 27.8 Å². The van der Waals surface area contributed by atoms with Gasteiger partial charge in [0.05, 0.1) is 5.56 Å². The summed E-state index contributed by atoms with van der Waals surface area (Å²) in [5, 5.41) is 27.3. The molecule has 0 unspecified atom stereocenters. The SMILES string of the molecule is CCCCCCCCCCCCCCCCCCNC(=S)Nc1ccc2c(c1)C(=O)OC21c2ccc(O)cc2Oc2cc(O)ccc21. The molecule has 2 aliphatic rings. The molecule has 2 heterocycles. The Hall–Kier alpha value is -3.78. The van der Waals surface area contributed by atoms with Crippen molar-refractivity contribution in [3.63, 3.8) is 0 Å². The monoisotopic (exact) mass is 658 g/mol. The van der Waals surface area contributed by atoms with Crippen molar-refractivity contribution in [1.82, 2.24) is 5.32 Å². The minimum absolute atomic E-state index is 0.0206. The molecule has 0 amide bonds. The number of thiocarbonyl (C=S) groups is 1. The minimum atomic E-state index is -1.28. The van der Waals surface area contributed by atoms with Gasteiger partial charge in [0.25, 0.3) is 0 Å². The first-order chi connectivity index (χ1) is 22.9. The number of fused-ring (bicyclic) bond motifs is 6. The van der Waals surface area contributed by atoms with Gasteiger partial charge in [-0.25, -0.2) is 4.79 Å². The number of esters is 1. The molecule has 252 valence electrons. The highest BCUT2D eigenvalue weighted by atomic mass is 32.1. The molecule has 0 atom stereocenters. The van der Waals surface area contributed by atoms with Crippen molar-refractivity contribution >= 4 is 29.0 Å². The molecule has 8 heteroatoms. The van der Waals surface area contributed by atoms with E-state index in [1.807, 2.05) is 12.1 Å². The third-order valence-electron chi connectivity index (χ3n) is 9.35. The van der Waals surface area contributed by atoms with Gasteiger partial charge in [0.2, 0.25) is 0 Å². The highest BCUT2D eigenvalue weighted by molar-refractivity contribution is 7.80. The molecule has 0 radical (unpaired) electrons. The van der Waals surface area contributed by atoms with Crippen LogP contribution < -0.4 is 15.4 Å². The third kappa shape index (κ3) is 8.58. The van der Waals surface area contributed by atoms with Gasteiger partial charge in [-0.2, -0.15) is 0 Å². The fraction of sp³-hybridized carbons (Fsp3) is 0.487. The van der Waals surface area contributed by atoms with Crippen LogP contribution >= 0.6 is 12.2 Å². The highest BCUT2D eigenvalue weighted by Crippen LogP contribution is 2.57. The summed E-state index contributed by atoms with van der Waals surface area (Å²) >= 11 is 5.55. The van der Waals surface area contributed by atoms with E-state index < -0.39 is 11.6 Å². The molecule has 0 bridgehead atoms. The predicted molar refractivity (Wildman–Crippen MR) is 192 cm³/mol. The van der Waals surface area contributed by atoms with E-state index in [4.69, 9.17) is 21.7 Å². The van der Waals surface area contributed by atoms with Gasteiger partial charge in [-0.05, 0) is 55.0 Å². The molecule has 7 nitrogen and oxygen atoms in total. The number of nitrogens with one attached hydrogen (secondary N) is 2. The topological polar surface area (TPSA) is 100 Å². The van der Waals surface area contributed by atoms with Crippen LogP contribution in [0.2, 0.25) is 0 Å². The van der Waals surface area contributed by atoms with Crippen molar-refractivity contribution in [2.24, 2.45) is 0 Å². The molecule has 5 rings (SSSR count). The van der Waals surface area contributed by atoms with Gasteiger partial charge >= 0.3 is 5.97 Å². The second kappa shape index (κ2) is 16.9. The Morgan fingerprint density at radius 1 is 0.681 bits per heavy atom. The van der Waals surface area contributed by atoms with Crippen LogP contribution in [0.15, 0.2) is 54.6 Å². The van der Waals surface area contributed by atoms with Crippen LogP contribution in [0.3, 0.4) is 0 Å². The Morgan fingerprint density at radius 2 is 1.17 bits per heavy atom. The Bertz CT molecular complexity index is 1470. The van der Waals surface area contributed by atoms with Gasteiger partial charge in [-0.15, -0.1) is 0 Å². The third-order valence-corrected chi connectivity index (χ3v) is 9.59. The van der Waals surface area contributed by atoms with Crippen molar-refractivity contribution in [3.8, 4) is 23.0 Å². The van der Waals surface area contributed by atoms with Gasteiger partial charge < -0.3 is 30.3 Å². The van der Waals surface area contributed by atoms with E-state index in [1.54, 1.807) is 30.3 Å². The maximum atomic E-state index is 13.3. The smallest absolute Gasteiger partial charge is 0.340 e. The van der Waals surface area contributed by atoms with E-state index in [-0.39, 0.29) is 11.5 Å². The molecule has 2 aliphatic heterocycles. The number of hydrogen-bond donors (Lipinski definition) is 4. The number of aromatic hydroxyl groups is 2. The Morgan fingerprint density at radius 3 is 1.70 bits per heavy atom. The molecule has 47 heavy (non-hydrogen) atoms. The summed E-state index contributed by atoms with van der Waals surface area (Å²) in [5.41, 5.74) is 1.67. The van der Waals surface area contributed by atoms with E-state index in [1.165, 1.54) is 108 Å². The molecule has 0 saturated carbocycles. The number of unbranched alkanes of at least 4 members (excludes halogenated alkanes) is 15. The fourth-order valence-corrected chi connectivity index (χ4v) is 7.05. The van der Waals surface area contributed by atoms with Crippen molar-refractivity contribution in [2.45, 2.75) is 115 Å². The number of hydrogen-bond acceptors (Lipinski definition) is 6. The number of phenols is 2. The molecule has 0 aliphatic carbocycles. The zero-order valence-corrected chi connectivity index (χ0v) is 28.6. The average Bonchev–Trinajstić information content (AvgIpc) is 3.33. The number of rotatable bonds is 18. The summed E-state index contributed by atoms with van der Waals surface area (Å²) in [7, 11) is 0. The normalized spacial score (nSPS) is 13.8. The van der Waals surface area contributed by atoms with Crippen LogP contribution in [0.25, 0.3) is 0 Å². The first-order valence-electron chi connectivity index (χ1n) is 17.7. The van der Waals surface area contributed by atoms with Gasteiger partial charge in [-0.1, -0.05) is 109 Å². The molecule has 4 N–H and O–H groups in total. The van der Waals surface area contributed by atoms with Crippen LogP contribution in [0.4, 0.5) is 5.69 Å². The second-order valence-corrected chi connectivity index (χ2v) is 13.4. The Kier molecular flexibility index (Phi) is 12.4. The standard InChI is InChI=1S/C39H50N2O5S/c1-2-3-4-5-6-7-8-9-10-11-12-13-14-15-16-17-24-40-38(47)41-28-18-21-32-31(25-28)37(44)46-39(32)33-22-19-29(42)26-35(33)45-36-27-30(43)20-23-34(36)39/h18-23,25-27,42-43H,2-17,24H2,1H3,(H2,40,41,47). The average molecular weight is 659 g/mol. The van der Waals surface area contributed by atoms with Gasteiger partial charge in [0.1, 0.15) is 23.0 Å². The van der Waals surface area contributed by atoms with Gasteiger partial charge in [0, 0.05) is 41.1 Å². The van der Waals surface area contributed by atoms with Crippen LogP contribution in [-0.2, 0) is 10.3 Å². The number of carbonyl (C=O) groups excluding carboxylic acids is 1. The molecule has 3 aromatic rings. The van der Waals surface area contributed by atoms with Crippen LogP contribution in [0.5, 0.6) is 23.0 Å². The first kappa shape index (κ1) is 34.6. The molecule has 1 spiro atoms. The summed E-state index contributed by atoms with van der Waals surface area (Å²) in [6.45, 7) is 3.08. The number of carbonyl (C=O) groups is 1. The van der Waals surface area contributed by atoms with E-state index in [0.717, 1.165) is 13.0 Å². The molecular weight excluding hydrogens is 609 g/mol. The van der Waals surface area contributed by atoms with Gasteiger partial charge in [0.15, 0.2) is 10.7 Å². The zero-order valence-electron chi connectivity index (χ0n) is 27.7. The van der Waals surface area contributed by atoms with Crippen molar-refractivity contribution in [3.05, 3.63) is 76.9 Å². The number of ether oxygens (including phenoxy) is 2. The number of benzene rings is 3. The Balaban J connectivity index is 1.04. The lowest BCUT2D eigenvalue weighted by Gasteiger charge is -2.36. The predicted octanol–water partition coefficient (Wildman–Crippen LogP) is 10.2. The molecule has 0 fully saturated rings. The lowest BCUT2D eigenvalue weighted by Crippen LogP contribution is -2.33. The lowest BCUT2D eigenvalue weighted by molar-refractivity contribution is 0.0224. The summed E-state index contributed by atoms with van der Waals surface area (Å²) in [6, 6.07) is 14.9. The van der Waals surface area contributed by atoms with E-state index >= 15 is 0 Å². The first-order valence-corrected chi connectivity index (χ1v) is 18.1. The summed E-state index contributed by atoms with van der Waals surface area (Å²) < 4.78 is 12.2. The van der Waals surface area contributed by atoms with Crippen LogP contribution in [0, 0.1) is 0 Å². The maximum Gasteiger partial charge on any atom is 0.340 e. The minimum Gasteiger partial charge on any atom is -0.508 e.